The van der Waals surface area contributed by atoms with Gasteiger partial charge in [-0.1, -0.05) is 13.0 Å². The fourth-order valence-electron chi connectivity index (χ4n) is 2.10. The summed E-state index contributed by atoms with van der Waals surface area (Å²) in [6, 6.07) is 3.06. The van der Waals surface area contributed by atoms with Gasteiger partial charge >= 0.3 is 0 Å². The van der Waals surface area contributed by atoms with Crippen LogP contribution < -0.4 is 5.73 Å². The molecule has 0 radical (unpaired) electrons. The Kier molecular flexibility index (Phi) is 4.44. The summed E-state index contributed by atoms with van der Waals surface area (Å²) in [5, 5.41) is 0. The molecule has 3 heteroatoms. The van der Waals surface area contributed by atoms with Gasteiger partial charge in [0.2, 0.25) is 0 Å². The van der Waals surface area contributed by atoms with Gasteiger partial charge in [-0.05, 0) is 37.5 Å². The SMILES string of the molecule is CCC(OC)C(N)c1c(C)cc(C)cc1F. The zero-order chi connectivity index (χ0) is 12.3. The van der Waals surface area contributed by atoms with Gasteiger partial charge in [-0.3, -0.25) is 0 Å². The van der Waals surface area contributed by atoms with Gasteiger partial charge in [0.25, 0.3) is 0 Å². The number of nitrogens with two attached hydrogens (primary N) is 1. The molecular weight excluding hydrogens is 205 g/mol. The van der Waals surface area contributed by atoms with Gasteiger partial charge in [-0.25, -0.2) is 4.39 Å². The average molecular weight is 225 g/mol. The molecule has 0 spiro atoms. The van der Waals surface area contributed by atoms with E-state index in [1.54, 1.807) is 7.11 Å². The number of aryl methyl sites for hydroxylation is 2. The molecule has 0 saturated carbocycles. The number of hydrogen-bond acceptors (Lipinski definition) is 2. The van der Waals surface area contributed by atoms with Crippen LogP contribution in [0.15, 0.2) is 12.1 Å². The van der Waals surface area contributed by atoms with Gasteiger partial charge < -0.3 is 10.5 Å². The van der Waals surface area contributed by atoms with Crippen molar-refractivity contribution in [3.63, 3.8) is 0 Å². The monoisotopic (exact) mass is 225 g/mol. The lowest BCUT2D eigenvalue weighted by molar-refractivity contribution is 0.0760. The van der Waals surface area contributed by atoms with Crippen LogP contribution in [-0.2, 0) is 4.74 Å². The van der Waals surface area contributed by atoms with Crippen molar-refractivity contribution in [1.29, 1.82) is 0 Å². The lowest BCUT2D eigenvalue weighted by atomic mass is 9.94. The molecule has 0 aromatic heterocycles. The van der Waals surface area contributed by atoms with Crippen LogP contribution in [0.1, 0.15) is 36.1 Å². The summed E-state index contributed by atoms with van der Waals surface area (Å²) >= 11 is 0. The molecule has 0 amide bonds. The van der Waals surface area contributed by atoms with Crippen molar-refractivity contribution < 1.29 is 9.13 Å². The Bertz CT molecular complexity index is 338. The molecule has 2 unspecified atom stereocenters. The first-order chi connectivity index (χ1) is 7.51. The number of methoxy groups -OCH3 is 1. The Morgan fingerprint density at radius 2 is 2.00 bits per heavy atom. The van der Waals surface area contributed by atoms with Crippen molar-refractivity contribution in [2.75, 3.05) is 7.11 Å². The summed E-state index contributed by atoms with van der Waals surface area (Å²) in [5.41, 5.74) is 8.42. The van der Waals surface area contributed by atoms with Crippen LogP contribution in [0.5, 0.6) is 0 Å². The molecule has 1 rings (SSSR count). The van der Waals surface area contributed by atoms with Crippen molar-refractivity contribution in [3.05, 3.63) is 34.6 Å². The van der Waals surface area contributed by atoms with E-state index in [4.69, 9.17) is 10.5 Å². The molecule has 0 fully saturated rings. The third-order valence-corrected chi connectivity index (χ3v) is 2.92. The van der Waals surface area contributed by atoms with Crippen LogP contribution in [0.3, 0.4) is 0 Å². The molecule has 2 nitrogen and oxygen atoms in total. The highest BCUT2D eigenvalue weighted by molar-refractivity contribution is 5.34. The second-order valence-corrected chi connectivity index (χ2v) is 4.19. The average Bonchev–Trinajstić information content (AvgIpc) is 2.17. The second-order valence-electron chi connectivity index (χ2n) is 4.19. The van der Waals surface area contributed by atoms with Gasteiger partial charge in [0.1, 0.15) is 5.82 Å². The zero-order valence-corrected chi connectivity index (χ0v) is 10.4. The lowest BCUT2D eigenvalue weighted by Gasteiger charge is -2.23. The smallest absolute Gasteiger partial charge is 0.128 e. The summed E-state index contributed by atoms with van der Waals surface area (Å²) in [6.07, 6.45) is 0.626. The number of halogens is 1. The van der Waals surface area contributed by atoms with Crippen molar-refractivity contribution in [2.24, 2.45) is 5.73 Å². The Morgan fingerprint density at radius 1 is 1.38 bits per heavy atom. The number of benzene rings is 1. The maximum absolute atomic E-state index is 13.9. The summed E-state index contributed by atoms with van der Waals surface area (Å²) in [7, 11) is 1.61. The largest absolute Gasteiger partial charge is 0.379 e. The van der Waals surface area contributed by atoms with Crippen LogP contribution in [0.2, 0.25) is 0 Å². The minimum absolute atomic E-state index is 0.143. The Morgan fingerprint density at radius 3 is 2.44 bits per heavy atom. The van der Waals surface area contributed by atoms with Crippen LogP contribution in [-0.4, -0.2) is 13.2 Å². The predicted octanol–water partition coefficient (Wildman–Crippen LogP) is 2.87. The normalized spacial score (nSPS) is 14.9. The summed E-state index contributed by atoms with van der Waals surface area (Å²) < 4.78 is 19.1. The maximum atomic E-state index is 13.9. The molecule has 0 aliphatic heterocycles. The second kappa shape index (κ2) is 5.41. The third kappa shape index (κ3) is 2.60. The Labute approximate surface area is 96.6 Å². The molecule has 0 heterocycles. The lowest BCUT2D eigenvalue weighted by Crippen LogP contribution is -2.29. The molecular formula is C13H20FNO. The van der Waals surface area contributed by atoms with E-state index >= 15 is 0 Å². The first-order valence-electron chi connectivity index (χ1n) is 5.56. The fourth-order valence-corrected chi connectivity index (χ4v) is 2.10. The van der Waals surface area contributed by atoms with Gasteiger partial charge in [0.05, 0.1) is 12.1 Å². The highest BCUT2D eigenvalue weighted by Gasteiger charge is 2.22. The van der Waals surface area contributed by atoms with Crippen molar-refractivity contribution in [3.8, 4) is 0 Å². The zero-order valence-electron chi connectivity index (χ0n) is 10.4. The molecule has 0 aliphatic carbocycles. The molecule has 0 bridgehead atoms. The first kappa shape index (κ1) is 13.1. The van der Waals surface area contributed by atoms with Gasteiger partial charge in [-0.15, -0.1) is 0 Å². The fraction of sp³-hybridized carbons (Fsp3) is 0.538. The molecule has 90 valence electrons. The van der Waals surface area contributed by atoms with Crippen molar-refractivity contribution in [1.82, 2.24) is 0 Å². The van der Waals surface area contributed by atoms with Crippen molar-refractivity contribution >= 4 is 0 Å². The third-order valence-electron chi connectivity index (χ3n) is 2.92. The molecule has 2 atom stereocenters. The molecule has 16 heavy (non-hydrogen) atoms. The predicted molar refractivity (Wildman–Crippen MR) is 63.9 cm³/mol. The maximum Gasteiger partial charge on any atom is 0.128 e. The molecule has 1 aromatic rings. The number of ether oxygens (including phenoxy) is 1. The highest BCUT2D eigenvalue weighted by Crippen LogP contribution is 2.25. The van der Waals surface area contributed by atoms with Gasteiger partial charge in [0, 0.05) is 12.7 Å². The van der Waals surface area contributed by atoms with E-state index in [1.165, 1.54) is 6.07 Å². The summed E-state index contributed by atoms with van der Waals surface area (Å²) in [6.45, 7) is 5.74. The molecule has 1 aromatic carbocycles. The molecule has 0 aliphatic rings. The molecule has 0 saturated heterocycles. The van der Waals surface area contributed by atoms with E-state index in [1.807, 2.05) is 26.8 Å². The number of rotatable bonds is 4. The van der Waals surface area contributed by atoms with E-state index < -0.39 is 6.04 Å². The highest BCUT2D eigenvalue weighted by atomic mass is 19.1. The topological polar surface area (TPSA) is 35.2 Å². The first-order valence-corrected chi connectivity index (χ1v) is 5.56. The van der Waals surface area contributed by atoms with E-state index in [0.717, 1.165) is 17.5 Å². The van der Waals surface area contributed by atoms with Gasteiger partial charge in [-0.2, -0.15) is 0 Å². The van der Waals surface area contributed by atoms with E-state index in [2.05, 4.69) is 0 Å². The number of hydrogen-bond donors (Lipinski definition) is 1. The molecule has 2 N–H and O–H groups in total. The minimum Gasteiger partial charge on any atom is -0.379 e. The van der Waals surface area contributed by atoms with Gasteiger partial charge in [0.15, 0.2) is 0 Å². The van der Waals surface area contributed by atoms with Crippen molar-refractivity contribution in [2.45, 2.75) is 39.3 Å². The van der Waals surface area contributed by atoms with Crippen LogP contribution in [0.4, 0.5) is 4.39 Å². The minimum atomic E-state index is -0.407. The van der Waals surface area contributed by atoms with Crippen LogP contribution >= 0.6 is 0 Å². The Balaban J connectivity index is 3.12. The quantitative estimate of drug-likeness (QED) is 0.855. The van der Waals surface area contributed by atoms with Crippen LogP contribution in [0, 0.1) is 19.7 Å². The Hall–Kier alpha value is -0.930. The van der Waals surface area contributed by atoms with E-state index in [9.17, 15) is 4.39 Å². The summed E-state index contributed by atoms with van der Waals surface area (Å²) in [5.74, 6) is -0.236. The standard InChI is InChI=1S/C13H20FNO/c1-5-11(16-4)13(15)12-9(3)6-8(2)7-10(12)14/h6-7,11,13H,5,15H2,1-4H3. The van der Waals surface area contributed by atoms with E-state index in [-0.39, 0.29) is 11.9 Å². The van der Waals surface area contributed by atoms with E-state index in [0.29, 0.717) is 5.56 Å². The van der Waals surface area contributed by atoms with Crippen LogP contribution in [0.25, 0.3) is 0 Å². The summed E-state index contributed by atoms with van der Waals surface area (Å²) in [4.78, 5) is 0.